The Morgan fingerprint density at radius 3 is 2.47 bits per heavy atom. The van der Waals surface area contributed by atoms with E-state index in [-0.39, 0.29) is 13.2 Å². The lowest BCUT2D eigenvalue weighted by Gasteiger charge is -2.15. The molecule has 0 radical (unpaired) electrons. The van der Waals surface area contributed by atoms with Crippen molar-refractivity contribution in [3.05, 3.63) is 39.5 Å². The maximum atomic E-state index is 9.49. The molecule has 92 valence electrons. The van der Waals surface area contributed by atoms with Crippen LogP contribution >= 0.6 is 0 Å². The van der Waals surface area contributed by atoms with Gasteiger partial charge in [-0.1, -0.05) is 11.6 Å². The molecule has 2 nitrogen and oxygen atoms in total. The lowest BCUT2D eigenvalue weighted by Crippen LogP contribution is -2.03. The van der Waals surface area contributed by atoms with Crippen molar-refractivity contribution in [2.45, 2.75) is 33.6 Å². The third kappa shape index (κ3) is 1.92. The monoisotopic (exact) mass is 232 g/mol. The van der Waals surface area contributed by atoms with Crippen molar-refractivity contribution in [3.8, 4) is 0 Å². The van der Waals surface area contributed by atoms with E-state index in [1.807, 2.05) is 0 Å². The Kier molecular flexibility index (Phi) is 3.36. The van der Waals surface area contributed by atoms with Crippen LogP contribution in [-0.4, -0.2) is 23.4 Å². The highest BCUT2D eigenvalue weighted by atomic mass is 16.3. The van der Waals surface area contributed by atoms with E-state index in [1.165, 1.54) is 33.4 Å². The predicted molar refractivity (Wildman–Crippen MR) is 70.1 cm³/mol. The van der Waals surface area contributed by atoms with Gasteiger partial charge in [0.1, 0.15) is 0 Å². The molecule has 2 N–H and O–H groups in total. The fraction of sp³-hybridized carbons (Fsp3) is 0.467. The number of aliphatic hydroxyl groups is 2. The summed E-state index contributed by atoms with van der Waals surface area (Å²) in [7, 11) is 0. The summed E-state index contributed by atoms with van der Waals surface area (Å²) in [6.45, 7) is 6.58. The molecule has 1 aromatic rings. The van der Waals surface area contributed by atoms with Crippen LogP contribution in [-0.2, 0) is 12.8 Å². The first-order valence-corrected chi connectivity index (χ1v) is 6.12. The summed E-state index contributed by atoms with van der Waals surface area (Å²) in [5.74, 6) is 0. The first kappa shape index (κ1) is 12.3. The minimum Gasteiger partial charge on any atom is -0.396 e. The smallest absolute Gasteiger partial charge is 0.0687 e. The van der Waals surface area contributed by atoms with Crippen molar-refractivity contribution < 1.29 is 10.2 Å². The third-order valence-corrected chi connectivity index (χ3v) is 3.81. The van der Waals surface area contributed by atoms with E-state index in [0.29, 0.717) is 6.42 Å². The number of aryl methyl sites for hydroxylation is 1. The molecule has 0 aromatic heterocycles. The number of allylic oxidation sites excluding steroid dienone is 1. The minimum atomic E-state index is 0.112. The van der Waals surface area contributed by atoms with Gasteiger partial charge in [0.25, 0.3) is 0 Å². The molecule has 0 saturated carbocycles. The molecule has 1 aliphatic carbocycles. The molecule has 0 atom stereocenters. The topological polar surface area (TPSA) is 40.5 Å². The summed E-state index contributed by atoms with van der Waals surface area (Å²) in [4.78, 5) is 0. The van der Waals surface area contributed by atoms with E-state index in [2.05, 4.69) is 26.8 Å². The van der Waals surface area contributed by atoms with E-state index in [0.717, 1.165) is 12.0 Å². The fourth-order valence-electron chi connectivity index (χ4n) is 2.98. The lowest BCUT2D eigenvalue weighted by atomic mass is 9.90. The van der Waals surface area contributed by atoms with E-state index in [9.17, 15) is 5.11 Å². The SMILES string of the molecule is CC1=C(CO)c2c(cc(C)c(CCO)c2C)C1. The molecule has 0 saturated heterocycles. The highest BCUT2D eigenvalue weighted by Gasteiger charge is 2.22. The van der Waals surface area contributed by atoms with Gasteiger partial charge in [-0.25, -0.2) is 0 Å². The van der Waals surface area contributed by atoms with Gasteiger partial charge in [-0.3, -0.25) is 0 Å². The van der Waals surface area contributed by atoms with Crippen molar-refractivity contribution in [1.29, 1.82) is 0 Å². The van der Waals surface area contributed by atoms with E-state index < -0.39 is 0 Å². The largest absolute Gasteiger partial charge is 0.396 e. The Balaban J connectivity index is 2.61. The van der Waals surface area contributed by atoms with Crippen molar-refractivity contribution in [2.75, 3.05) is 13.2 Å². The molecule has 0 amide bonds. The zero-order chi connectivity index (χ0) is 12.6. The van der Waals surface area contributed by atoms with E-state index >= 15 is 0 Å². The number of hydrogen-bond acceptors (Lipinski definition) is 2. The predicted octanol–water partition coefficient (Wildman–Crippen LogP) is 2.16. The minimum absolute atomic E-state index is 0.112. The molecule has 0 aliphatic heterocycles. The van der Waals surface area contributed by atoms with Crippen LogP contribution < -0.4 is 0 Å². The molecule has 0 unspecified atom stereocenters. The van der Waals surface area contributed by atoms with E-state index in [4.69, 9.17) is 5.11 Å². The second-order valence-corrected chi connectivity index (χ2v) is 4.90. The number of rotatable bonds is 3. The Morgan fingerprint density at radius 1 is 1.18 bits per heavy atom. The summed E-state index contributed by atoms with van der Waals surface area (Å²) in [5, 5.41) is 18.6. The highest BCUT2D eigenvalue weighted by molar-refractivity contribution is 5.80. The summed E-state index contributed by atoms with van der Waals surface area (Å²) in [6, 6.07) is 2.21. The first-order valence-electron chi connectivity index (χ1n) is 6.12. The molecule has 2 rings (SSSR count). The zero-order valence-corrected chi connectivity index (χ0v) is 10.8. The number of aliphatic hydroxyl groups excluding tert-OH is 2. The molecule has 2 heteroatoms. The fourth-order valence-corrected chi connectivity index (χ4v) is 2.98. The van der Waals surface area contributed by atoms with Crippen LogP contribution in [0.4, 0.5) is 0 Å². The quantitative estimate of drug-likeness (QED) is 0.838. The van der Waals surface area contributed by atoms with Gasteiger partial charge in [0.2, 0.25) is 0 Å². The van der Waals surface area contributed by atoms with Crippen LogP contribution in [0.15, 0.2) is 11.6 Å². The summed E-state index contributed by atoms with van der Waals surface area (Å²) < 4.78 is 0. The average molecular weight is 232 g/mol. The van der Waals surface area contributed by atoms with Gasteiger partial charge in [-0.05, 0) is 67.0 Å². The van der Waals surface area contributed by atoms with Crippen molar-refractivity contribution in [3.63, 3.8) is 0 Å². The number of fused-ring (bicyclic) bond motifs is 1. The van der Waals surface area contributed by atoms with Crippen LogP contribution in [0.1, 0.15) is 34.7 Å². The van der Waals surface area contributed by atoms with Crippen LogP contribution in [0.25, 0.3) is 5.57 Å². The third-order valence-electron chi connectivity index (χ3n) is 3.81. The second-order valence-electron chi connectivity index (χ2n) is 4.90. The van der Waals surface area contributed by atoms with Crippen molar-refractivity contribution in [1.82, 2.24) is 0 Å². The number of benzene rings is 1. The van der Waals surface area contributed by atoms with Gasteiger partial charge >= 0.3 is 0 Å². The first-order chi connectivity index (χ1) is 8.10. The van der Waals surface area contributed by atoms with Gasteiger partial charge in [0.15, 0.2) is 0 Å². The van der Waals surface area contributed by atoms with Crippen LogP contribution in [0.2, 0.25) is 0 Å². The normalized spacial score (nSPS) is 14.4. The van der Waals surface area contributed by atoms with Crippen molar-refractivity contribution in [2.24, 2.45) is 0 Å². The zero-order valence-electron chi connectivity index (χ0n) is 10.8. The van der Waals surface area contributed by atoms with Crippen molar-refractivity contribution >= 4 is 5.57 Å². The Morgan fingerprint density at radius 2 is 1.88 bits per heavy atom. The maximum absolute atomic E-state index is 9.49. The summed E-state index contributed by atoms with van der Waals surface area (Å²) >= 11 is 0. The molecule has 17 heavy (non-hydrogen) atoms. The number of hydrogen-bond donors (Lipinski definition) is 2. The highest BCUT2D eigenvalue weighted by Crippen LogP contribution is 2.37. The molecule has 0 bridgehead atoms. The van der Waals surface area contributed by atoms with Gasteiger partial charge < -0.3 is 10.2 Å². The standard InChI is InChI=1S/C15H20O2/c1-9-6-12-7-10(2)14(8-17)15(12)11(3)13(9)4-5-16/h6,16-17H,4-5,7-8H2,1-3H3. The second kappa shape index (κ2) is 4.63. The molecule has 1 aromatic carbocycles. The van der Waals surface area contributed by atoms with E-state index in [1.54, 1.807) is 0 Å². The molecular weight excluding hydrogens is 212 g/mol. The molecule has 0 spiro atoms. The van der Waals surface area contributed by atoms with Crippen LogP contribution in [0.5, 0.6) is 0 Å². The molecule has 0 fully saturated rings. The molecular formula is C15H20O2. The average Bonchev–Trinajstić information content (AvgIpc) is 2.60. The molecule has 0 heterocycles. The van der Waals surface area contributed by atoms with Gasteiger partial charge in [-0.15, -0.1) is 0 Å². The lowest BCUT2D eigenvalue weighted by molar-refractivity contribution is 0.299. The Hall–Kier alpha value is -1.12. The maximum Gasteiger partial charge on any atom is 0.0687 e. The Bertz CT molecular complexity index is 484. The van der Waals surface area contributed by atoms with Crippen LogP contribution in [0, 0.1) is 13.8 Å². The van der Waals surface area contributed by atoms with Gasteiger partial charge in [0, 0.05) is 6.61 Å². The van der Waals surface area contributed by atoms with Gasteiger partial charge in [0.05, 0.1) is 6.61 Å². The molecule has 1 aliphatic rings. The summed E-state index contributed by atoms with van der Waals surface area (Å²) in [5.41, 5.74) is 8.61. The summed E-state index contributed by atoms with van der Waals surface area (Å²) in [6.07, 6.45) is 1.65. The van der Waals surface area contributed by atoms with Crippen LogP contribution in [0.3, 0.4) is 0 Å². The van der Waals surface area contributed by atoms with Gasteiger partial charge in [-0.2, -0.15) is 0 Å². The Labute approximate surface area is 103 Å².